The van der Waals surface area contributed by atoms with Crippen molar-refractivity contribution in [2.75, 3.05) is 112 Å². The molecule has 4 aliphatic heterocycles. The molecule has 0 aromatic heterocycles. The number of ether oxygens (including phenoxy) is 3. The van der Waals surface area contributed by atoms with Crippen molar-refractivity contribution in [2.24, 2.45) is 5.92 Å². The third kappa shape index (κ3) is 8.62. The first-order chi connectivity index (χ1) is 18.8. The number of carbonyl (C=O) groups is 3. The molecule has 0 unspecified atom stereocenters. The smallest absolute Gasteiger partial charge is 0.333 e. The molecule has 39 heavy (non-hydrogen) atoms. The highest BCUT2D eigenvalue weighted by Crippen LogP contribution is 2.24. The van der Waals surface area contributed by atoms with E-state index in [4.69, 9.17) is 14.2 Å². The second-order valence-corrected chi connectivity index (χ2v) is 10.7. The standard InChI is InChI=1S/C25H43N5O9/c31-19(14-26-1-7-37-8-2-26)13-22-23(34)29(17-20(32)15-27-3-9-38-10-4-27)25(36)30(24(22)35)18-21(33)16-28-5-11-39-12-6-28/h19-22,31-33H,1-18H2/t19-,20-,21-/m0/s1. The Labute approximate surface area is 228 Å². The molecule has 0 saturated carbocycles. The van der Waals surface area contributed by atoms with E-state index >= 15 is 0 Å². The number of carbonyl (C=O) groups excluding carboxylic acids is 3. The summed E-state index contributed by atoms with van der Waals surface area (Å²) in [7, 11) is 0. The van der Waals surface area contributed by atoms with E-state index in [1.807, 2.05) is 14.7 Å². The fourth-order valence-corrected chi connectivity index (χ4v) is 5.48. The number of hydrogen-bond acceptors (Lipinski definition) is 12. The van der Waals surface area contributed by atoms with E-state index in [9.17, 15) is 29.7 Å². The molecule has 4 fully saturated rings. The molecule has 4 aliphatic rings. The zero-order chi connectivity index (χ0) is 27.8. The second-order valence-electron chi connectivity index (χ2n) is 10.7. The minimum Gasteiger partial charge on any atom is -0.392 e. The van der Waals surface area contributed by atoms with Crippen molar-refractivity contribution in [3.8, 4) is 0 Å². The molecule has 3 N–H and O–H groups in total. The largest absolute Gasteiger partial charge is 0.392 e. The Morgan fingerprint density at radius 1 is 0.564 bits per heavy atom. The number of imide groups is 2. The number of hydrogen-bond donors (Lipinski definition) is 3. The van der Waals surface area contributed by atoms with Crippen LogP contribution in [-0.2, 0) is 23.8 Å². The summed E-state index contributed by atoms with van der Waals surface area (Å²) in [6.45, 7) is 7.28. The number of urea groups is 1. The van der Waals surface area contributed by atoms with Gasteiger partial charge in [0.1, 0.15) is 5.92 Å². The maximum absolute atomic E-state index is 13.4. The molecule has 0 aromatic rings. The van der Waals surface area contributed by atoms with Crippen molar-refractivity contribution in [1.82, 2.24) is 24.5 Å². The van der Waals surface area contributed by atoms with Crippen LogP contribution in [0.1, 0.15) is 6.42 Å². The molecule has 4 saturated heterocycles. The molecule has 3 atom stereocenters. The van der Waals surface area contributed by atoms with Crippen LogP contribution in [0.3, 0.4) is 0 Å². The second kappa shape index (κ2) is 14.8. The van der Waals surface area contributed by atoms with Crippen LogP contribution in [0.25, 0.3) is 0 Å². The van der Waals surface area contributed by atoms with Gasteiger partial charge in [0.05, 0.1) is 71.0 Å². The van der Waals surface area contributed by atoms with Crippen LogP contribution in [-0.4, -0.2) is 188 Å². The van der Waals surface area contributed by atoms with Crippen molar-refractivity contribution in [2.45, 2.75) is 24.7 Å². The molecular weight excluding hydrogens is 514 g/mol. The van der Waals surface area contributed by atoms with Crippen LogP contribution < -0.4 is 0 Å². The van der Waals surface area contributed by atoms with E-state index in [-0.39, 0.29) is 39.1 Å². The summed E-state index contributed by atoms with van der Waals surface area (Å²) in [5.74, 6) is -2.75. The highest BCUT2D eigenvalue weighted by Gasteiger charge is 2.47. The molecule has 0 aromatic carbocycles. The van der Waals surface area contributed by atoms with Gasteiger partial charge in [0.2, 0.25) is 11.8 Å². The molecule has 0 aliphatic carbocycles. The number of barbiturate groups is 1. The van der Waals surface area contributed by atoms with Crippen molar-refractivity contribution >= 4 is 17.8 Å². The normalized spacial score (nSPS) is 25.8. The first-order valence-electron chi connectivity index (χ1n) is 13.9. The summed E-state index contributed by atoms with van der Waals surface area (Å²) in [4.78, 5) is 48.0. The average molecular weight is 558 g/mol. The van der Waals surface area contributed by atoms with Gasteiger partial charge in [-0.1, -0.05) is 0 Å². The summed E-state index contributed by atoms with van der Waals surface area (Å²) in [6, 6.07) is -0.856. The van der Waals surface area contributed by atoms with E-state index in [0.29, 0.717) is 78.9 Å². The number of aliphatic hydroxyl groups excluding tert-OH is 3. The molecule has 0 bridgehead atoms. The summed E-state index contributed by atoms with van der Waals surface area (Å²) < 4.78 is 16.0. The first kappa shape index (κ1) is 30.2. The van der Waals surface area contributed by atoms with Crippen molar-refractivity contribution in [3.05, 3.63) is 0 Å². The topological polar surface area (TPSA) is 156 Å². The van der Waals surface area contributed by atoms with Crippen LogP contribution in [0.2, 0.25) is 0 Å². The zero-order valence-electron chi connectivity index (χ0n) is 22.6. The van der Waals surface area contributed by atoms with Gasteiger partial charge in [0, 0.05) is 58.9 Å². The van der Waals surface area contributed by atoms with Crippen LogP contribution in [0.4, 0.5) is 4.79 Å². The Morgan fingerprint density at radius 2 is 0.897 bits per heavy atom. The lowest BCUT2D eigenvalue weighted by atomic mass is 9.95. The van der Waals surface area contributed by atoms with Gasteiger partial charge < -0.3 is 29.5 Å². The average Bonchev–Trinajstić information content (AvgIpc) is 2.93. The summed E-state index contributed by atoms with van der Waals surface area (Å²) in [5.41, 5.74) is 0. The third-order valence-electron chi connectivity index (χ3n) is 7.60. The van der Waals surface area contributed by atoms with E-state index in [2.05, 4.69) is 0 Å². The van der Waals surface area contributed by atoms with E-state index in [1.54, 1.807) is 0 Å². The number of nitrogens with zero attached hydrogens (tertiary/aromatic N) is 5. The number of aliphatic hydroxyl groups is 3. The molecule has 0 radical (unpaired) electrons. The monoisotopic (exact) mass is 557 g/mol. The van der Waals surface area contributed by atoms with Crippen LogP contribution in [0.5, 0.6) is 0 Å². The highest BCUT2D eigenvalue weighted by molar-refractivity contribution is 6.16. The van der Waals surface area contributed by atoms with Gasteiger partial charge in [-0.3, -0.25) is 34.1 Å². The summed E-state index contributed by atoms with van der Waals surface area (Å²) in [6.07, 6.45) is -3.19. The molecule has 14 heteroatoms. The molecule has 4 amide bonds. The van der Waals surface area contributed by atoms with Gasteiger partial charge in [-0.15, -0.1) is 0 Å². The molecule has 4 heterocycles. The zero-order valence-corrected chi connectivity index (χ0v) is 22.6. The molecule has 4 rings (SSSR count). The van der Waals surface area contributed by atoms with Crippen molar-refractivity contribution < 1.29 is 43.9 Å². The molecule has 0 spiro atoms. The Morgan fingerprint density at radius 3 is 1.26 bits per heavy atom. The number of morpholine rings is 3. The summed E-state index contributed by atoms with van der Waals surface area (Å²) >= 11 is 0. The molecule has 222 valence electrons. The predicted octanol–water partition coefficient (Wildman–Crippen LogP) is -3.14. The van der Waals surface area contributed by atoms with Gasteiger partial charge in [-0.25, -0.2) is 4.79 Å². The highest BCUT2D eigenvalue weighted by atomic mass is 16.5. The molecular formula is C25H43N5O9. The van der Waals surface area contributed by atoms with Gasteiger partial charge >= 0.3 is 6.03 Å². The minimum atomic E-state index is -1.29. The predicted molar refractivity (Wildman–Crippen MR) is 137 cm³/mol. The fraction of sp³-hybridized carbons (Fsp3) is 0.880. The Kier molecular flexibility index (Phi) is 11.4. The lowest BCUT2D eigenvalue weighted by Gasteiger charge is -2.40. The number of amides is 4. The fourth-order valence-electron chi connectivity index (χ4n) is 5.48. The van der Waals surface area contributed by atoms with Gasteiger partial charge in [-0.05, 0) is 6.42 Å². The van der Waals surface area contributed by atoms with Gasteiger partial charge in [-0.2, -0.15) is 0 Å². The lowest BCUT2D eigenvalue weighted by molar-refractivity contribution is -0.153. The van der Waals surface area contributed by atoms with Crippen LogP contribution >= 0.6 is 0 Å². The Bertz CT molecular complexity index is 695. The number of rotatable bonds is 12. The molecule has 14 nitrogen and oxygen atoms in total. The van der Waals surface area contributed by atoms with E-state index in [1.165, 1.54) is 0 Å². The minimum absolute atomic E-state index is 0.158. The van der Waals surface area contributed by atoms with Crippen molar-refractivity contribution in [3.63, 3.8) is 0 Å². The Hall–Kier alpha value is -1.75. The van der Waals surface area contributed by atoms with E-state index < -0.39 is 42.1 Å². The van der Waals surface area contributed by atoms with Crippen LogP contribution in [0, 0.1) is 5.92 Å². The van der Waals surface area contributed by atoms with Gasteiger partial charge in [0.15, 0.2) is 0 Å². The summed E-state index contributed by atoms with van der Waals surface area (Å²) in [5, 5.41) is 32.3. The van der Waals surface area contributed by atoms with E-state index in [0.717, 1.165) is 9.80 Å². The number of β-amino-alcohol motifs (C(OH)–C–C–N with tert-alkyl or cyclic N) is 3. The lowest BCUT2D eigenvalue weighted by Crippen LogP contribution is -2.63. The van der Waals surface area contributed by atoms with Gasteiger partial charge in [0.25, 0.3) is 0 Å². The maximum Gasteiger partial charge on any atom is 0.333 e. The van der Waals surface area contributed by atoms with Crippen LogP contribution in [0.15, 0.2) is 0 Å². The third-order valence-corrected chi connectivity index (χ3v) is 7.60. The first-order valence-corrected chi connectivity index (χ1v) is 13.9. The maximum atomic E-state index is 13.4. The quantitative estimate of drug-likeness (QED) is 0.208. The SMILES string of the molecule is O=C1C(C[C@H](O)CN2CCOCC2)C(=O)N(C[C@@H](O)CN2CCOCC2)C(=O)N1C[C@@H](O)CN1CCOCC1. The Balaban J connectivity index is 1.43. The van der Waals surface area contributed by atoms with Crippen molar-refractivity contribution in [1.29, 1.82) is 0 Å².